The summed E-state index contributed by atoms with van der Waals surface area (Å²) >= 11 is 12.4. The quantitative estimate of drug-likeness (QED) is 0.504. The molecule has 0 atom stereocenters. The minimum absolute atomic E-state index is 0.0277. The second-order valence-electron chi connectivity index (χ2n) is 6.47. The number of anilines is 2. The van der Waals surface area contributed by atoms with E-state index in [9.17, 15) is 19.1 Å². The van der Waals surface area contributed by atoms with Crippen molar-refractivity contribution in [3.05, 3.63) is 87.2 Å². The summed E-state index contributed by atoms with van der Waals surface area (Å²) in [4.78, 5) is 25.6. The lowest BCUT2D eigenvalue weighted by atomic mass is 10.0. The fraction of sp³-hybridized carbons (Fsp3) is 0. The van der Waals surface area contributed by atoms with Crippen LogP contribution in [0.25, 0.3) is 11.6 Å². The van der Waals surface area contributed by atoms with E-state index in [1.165, 1.54) is 35.2 Å². The Morgan fingerprint density at radius 2 is 1.70 bits per heavy atom. The number of benzene rings is 3. The number of fused-ring (bicyclic) bond motifs is 1. The summed E-state index contributed by atoms with van der Waals surface area (Å²) in [6.45, 7) is 0. The normalized spacial score (nSPS) is 14.3. The van der Waals surface area contributed by atoms with Gasteiger partial charge in [-0.15, -0.1) is 0 Å². The number of rotatable bonds is 3. The first-order valence-electron chi connectivity index (χ1n) is 8.65. The number of halogens is 3. The lowest BCUT2D eigenvalue weighted by molar-refractivity contribution is -0.112. The van der Waals surface area contributed by atoms with Crippen LogP contribution in [0.15, 0.2) is 54.6 Å². The van der Waals surface area contributed by atoms with Crippen molar-refractivity contribution in [2.45, 2.75) is 0 Å². The van der Waals surface area contributed by atoms with Gasteiger partial charge in [-0.1, -0.05) is 35.3 Å². The Bertz CT molecular complexity index is 1240. The van der Waals surface area contributed by atoms with Crippen molar-refractivity contribution in [2.75, 3.05) is 4.90 Å². The minimum atomic E-state index is -1.31. The summed E-state index contributed by atoms with van der Waals surface area (Å²) in [5, 5.41) is 19.7. The van der Waals surface area contributed by atoms with Crippen molar-refractivity contribution in [3.8, 4) is 5.75 Å². The summed E-state index contributed by atoms with van der Waals surface area (Å²) in [5.74, 6) is -3.03. The number of carbonyl (C=O) groups is 2. The predicted octanol–water partition coefficient (Wildman–Crippen LogP) is 5.76. The highest BCUT2D eigenvalue weighted by Crippen LogP contribution is 2.45. The fourth-order valence-corrected chi connectivity index (χ4v) is 3.83. The SMILES string of the molecule is O=C(O)c1ccc(N2C(=O)/C(=C/c3c(Cl)cccc3Cl)c3c(F)cccc32)cc1O. The molecule has 4 rings (SSSR count). The van der Waals surface area contributed by atoms with E-state index in [0.717, 1.165) is 6.07 Å². The molecule has 0 bridgehead atoms. The molecule has 0 aliphatic carbocycles. The number of carbonyl (C=O) groups excluding carboxylic acids is 1. The summed E-state index contributed by atoms with van der Waals surface area (Å²) in [6.07, 6.45) is 1.42. The standard InChI is InChI=1S/C22H12Cl2FNO4/c23-15-3-1-4-16(24)13(15)10-14-20-17(25)5-2-6-18(20)26(21(14)28)11-7-8-12(22(29)30)19(27)9-11/h1-10,27H,(H,29,30)/b14-10+. The number of carboxylic acid groups (broad SMARTS) is 1. The van der Waals surface area contributed by atoms with Crippen LogP contribution in [0.4, 0.5) is 15.8 Å². The van der Waals surface area contributed by atoms with Crippen LogP contribution in [0, 0.1) is 5.82 Å². The highest BCUT2D eigenvalue weighted by atomic mass is 35.5. The molecule has 5 nitrogen and oxygen atoms in total. The third-order valence-electron chi connectivity index (χ3n) is 4.69. The molecule has 30 heavy (non-hydrogen) atoms. The summed E-state index contributed by atoms with van der Waals surface area (Å²) in [5.41, 5.74) is 0.563. The number of hydrogen-bond acceptors (Lipinski definition) is 3. The Morgan fingerprint density at radius 3 is 2.33 bits per heavy atom. The van der Waals surface area contributed by atoms with Gasteiger partial charge in [0.1, 0.15) is 17.1 Å². The lowest BCUT2D eigenvalue weighted by Crippen LogP contribution is -2.20. The van der Waals surface area contributed by atoms with Gasteiger partial charge in [0, 0.05) is 27.2 Å². The van der Waals surface area contributed by atoms with E-state index < -0.39 is 23.4 Å². The Balaban J connectivity index is 1.92. The smallest absolute Gasteiger partial charge is 0.339 e. The van der Waals surface area contributed by atoms with E-state index in [-0.39, 0.29) is 28.1 Å². The predicted molar refractivity (Wildman–Crippen MR) is 113 cm³/mol. The molecule has 0 unspecified atom stereocenters. The zero-order valence-corrected chi connectivity index (χ0v) is 16.6. The highest BCUT2D eigenvalue weighted by Gasteiger charge is 2.36. The number of carboxylic acids is 1. The van der Waals surface area contributed by atoms with Crippen LogP contribution in [0.1, 0.15) is 21.5 Å². The van der Waals surface area contributed by atoms with Gasteiger partial charge in [-0.2, -0.15) is 0 Å². The summed E-state index contributed by atoms with van der Waals surface area (Å²) in [6, 6.07) is 12.7. The maximum Gasteiger partial charge on any atom is 0.339 e. The van der Waals surface area contributed by atoms with E-state index >= 15 is 0 Å². The number of aromatic hydroxyl groups is 1. The zero-order chi connectivity index (χ0) is 21.6. The first-order chi connectivity index (χ1) is 14.3. The van der Waals surface area contributed by atoms with Gasteiger partial charge in [0.2, 0.25) is 0 Å². The number of phenols is 1. The van der Waals surface area contributed by atoms with Gasteiger partial charge in [-0.05, 0) is 42.5 Å². The Labute approximate surface area is 180 Å². The van der Waals surface area contributed by atoms with Gasteiger partial charge in [-0.3, -0.25) is 9.69 Å². The molecule has 1 heterocycles. The zero-order valence-electron chi connectivity index (χ0n) is 15.1. The first kappa shape index (κ1) is 19.9. The maximum atomic E-state index is 14.7. The maximum absolute atomic E-state index is 14.7. The molecule has 1 aliphatic heterocycles. The third-order valence-corrected chi connectivity index (χ3v) is 5.35. The molecule has 1 aliphatic rings. The largest absolute Gasteiger partial charge is 0.507 e. The van der Waals surface area contributed by atoms with E-state index in [0.29, 0.717) is 15.6 Å². The second kappa shape index (κ2) is 7.48. The Morgan fingerprint density at radius 1 is 1.03 bits per heavy atom. The molecule has 0 spiro atoms. The molecular weight excluding hydrogens is 432 g/mol. The van der Waals surface area contributed by atoms with Crippen LogP contribution in [-0.4, -0.2) is 22.1 Å². The van der Waals surface area contributed by atoms with E-state index in [2.05, 4.69) is 0 Å². The van der Waals surface area contributed by atoms with Crippen molar-refractivity contribution in [2.24, 2.45) is 0 Å². The molecule has 150 valence electrons. The van der Waals surface area contributed by atoms with E-state index in [1.807, 2.05) is 0 Å². The molecule has 3 aromatic carbocycles. The van der Waals surface area contributed by atoms with Crippen LogP contribution in [0.3, 0.4) is 0 Å². The van der Waals surface area contributed by atoms with Gasteiger partial charge in [-0.25, -0.2) is 9.18 Å². The van der Waals surface area contributed by atoms with Crippen LogP contribution in [0.2, 0.25) is 10.0 Å². The number of amides is 1. The molecule has 0 saturated heterocycles. The molecule has 2 N–H and O–H groups in total. The molecule has 1 amide bonds. The van der Waals surface area contributed by atoms with Crippen LogP contribution >= 0.6 is 23.2 Å². The molecular formula is C22H12Cl2FNO4. The molecule has 3 aromatic rings. The van der Waals surface area contributed by atoms with Crippen molar-refractivity contribution >= 4 is 58.1 Å². The topological polar surface area (TPSA) is 77.8 Å². The highest BCUT2D eigenvalue weighted by molar-refractivity contribution is 6.41. The molecule has 0 fully saturated rings. The molecule has 0 saturated carbocycles. The first-order valence-corrected chi connectivity index (χ1v) is 9.40. The van der Waals surface area contributed by atoms with Crippen molar-refractivity contribution in [3.63, 3.8) is 0 Å². The minimum Gasteiger partial charge on any atom is -0.507 e. The van der Waals surface area contributed by atoms with E-state index in [1.54, 1.807) is 24.3 Å². The molecule has 0 radical (unpaired) electrons. The summed E-state index contributed by atoms with van der Waals surface area (Å²) < 4.78 is 14.7. The van der Waals surface area contributed by atoms with Crippen molar-refractivity contribution in [1.82, 2.24) is 0 Å². The number of hydrogen-bond donors (Lipinski definition) is 2. The van der Waals surface area contributed by atoms with Gasteiger partial charge in [0.05, 0.1) is 16.9 Å². The van der Waals surface area contributed by atoms with E-state index in [4.69, 9.17) is 28.3 Å². The number of aromatic carboxylic acids is 1. The number of nitrogens with zero attached hydrogens (tertiary/aromatic N) is 1. The second-order valence-corrected chi connectivity index (χ2v) is 7.29. The third kappa shape index (κ3) is 3.20. The van der Waals surface area contributed by atoms with Gasteiger partial charge in [0.25, 0.3) is 5.91 Å². The molecule has 0 aromatic heterocycles. The van der Waals surface area contributed by atoms with Gasteiger partial charge < -0.3 is 10.2 Å². The average molecular weight is 444 g/mol. The van der Waals surface area contributed by atoms with Crippen LogP contribution in [-0.2, 0) is 4.79 Å². The summed E-state index contributed by atoms with van der Waals surface area (Å²) in [7, 11) is 0. The van der Waals surface area contributed by atoms with Gasteiger partial charge in [0.15, 0.2) is 0 Å². The Kier molecular flexibility index (Phi) is 4.97. The molecule has 8 heteroatoms. The average Bonchev–Trinajstić information content (AvgIpc) is 2.97. The Hall–Kier alpha value is -3.35. The van der Waals surface area contributed by atoms with Crippen molar-refractivity contribution in [1.29, 1.82) is 0 Å². The lowest BCUT2D eigenvalue weighted by Gasteiger charge is -2.18. The van der Waals surface area contributed by atoms with Crippen molar-refractivity contribution < 1.29 is 24.2 Å². The monoisotopic (exact) mass is 443 g/mol. The van der Waals surface area contributed by atoms with Crippen LogP contribution < -0.4 is 4.90 Å². The van der Waals surface area contributed by atoms with Crippen LogP contribution in [0.5, 0.6) is 5.75 Å². The van der Waals surface area contributed by atoms with Gasteiger partial charge >= 0.3 is 5.97 Å². The fourth-order valence-electron chi connectivity index (χ4n) is 3.33.